The van der Waals surface area contributed by atoms with Crippen LogP contribution < -0.4 is 0 Å². The standard InChI is InChI=1S/C12H11N5O2/c1-2-10(7-13)16-8-14-12(15-16)9-4-3-5-11(6-9)17(18)19/h3-6,8,10H,2H2,1H3. The summed E-state index contributed by atoms with van der Waals surface area (Å²) in [6.07, 6.45) is 2.08. The molecule has 1 aromatic heterocycles. The number of aromatic nitrogens is 3. The minimum atomic E-state index is -0.468. The Labute approximate surface area is 109 Å². The first-order chi connectivity index (χ1) is 9.15. The molecule has 0 N–H and O–H groups in total. The fraction of sp³-hybridized carbons (Fsp3) is 0.250. The molecule has 0 radical (unpaired) electrons. The van der Waals surface area contributed by atoms with Gasteiger partial charge >= 0.3 is 0 Å². The van der Waals surface area contributed by atoms with Crippen LogP contribution in [-0.2, 0) is 0 Å². The number of nitrogens with zero attached hydrogens (tertiary/aromatic N) is 5. The Kier molecular flexibility index (Phi) is 3.52. The second-order valence-corrected chi connectivity index (χ2v) is 3.91. The van der Waals surface area contributed by atoms with Gasteiger partial charge in [-0.25, -0.2) is 9.67 Å². The highest BCUT2D eigenvalue weighted by atomic mass is 16.6. The van der Waals surface area contributed by atoms with E-state index in [-0.39, 0.29) is 11.7 Å². The van der Waals surface area contributed by atoms with Crippen molar-refractivity contribution in [3.8, 4) is 17.5 Å². The third-order valence-electron chi connectivity index (χ3n) is 2.68. The maximum absolute atomic E-state index is 10.7. The fourth-order valence-corrected chi connectivity index (χ4v) is 1.65. The van der Waals surface area contributed by atoms with E-state index in [0.29, 0.717) is 17.8 Å². The molecule has 7 heteroatoms. The zero-order valence-electron chi connectivity index (χ0n) is 10.2. The Hall–Kier alpha value is -2.75. The number of hydrogen-bond donors (Lipinski definition) is 0. The second kappa shape index (κ2) is 5.27. The minimum absolute atomic E-state index is 0.0128. The zero-order valence-corrected chi connectivity index (χ0v) is 10.2. The maximum atomic E-state index is 10.7. The molecule has 0 saturated carbocycles. The molecular weight excluding hydrogens is 246 g/mol. The van der Waals surface area contributed by atoms with Crippen LogP contribution in [0, 0.1) is 21.4 Å². The van der Waals surface area contributed by atoms with Gasteiger partial charge in [0.2, 0.25) is 0 Å². The van der Waals surface area contributed by atoms with Crippen molar-refractivity contribution in [2.24, 2.45) is 0 Å². The summed E-state index contributed by atoms with van der Waals surface area (Å²) in [6, 6.07) is 7.83. The molecule has 2 aromatic rings. The van der Waals surface area contributed by atoms with Crippen molar-refractivity contribution in [3.63, 3.8) is 0 Å². The normalized spacial score (nSPS) is 11.8. The molecule has 7 nitrogen and oxygen atoms in total. The smallest absolute Gasteiger partial charge is 0.258 e. The molecule has 0 spiro atoms. The molecule has 0 aliphatic rings. The maximum Gasteiger partial charge on any atom is 0.270 e. The molecule has 1 unspecified atom stereocenters. The lowest BCUT2D eigenvalue weighted by molar-refractivity contribution is -0.384. The first-order valence-electron chi connectivity index (χ1n) is 5.71. The predicted molar refractivity (Wildman–Crippen MR) is 67.1 cm³/mol. The van der Waals surface area contributed by atoms with Gasteiger partial charge in [0.15, 0.2) is 5.82 Å². The Morgan fingerprint density at radius 1 is 1.58 bits per heavy atom. The third-order valence-corrected chi connectivity index (χ3v) is 2.68. The molecule has 0 bridgehead atoms. The molecule has 0 aliphatic heterocycles. The van der Waals surface area contributed by atoms with Gasteiger partial charge in [0, 0.05) is 17.7 Å². The number of nitro groups is 1. The molecule has 0 saturated heterocycles. The highest BCUT2D eigenvalue weighted by Crippen LogP contribution is 2.21. The van der Waals surface area contributed by atoms with Gasteiger partial charge in [-0.1, -0.05) is 19.1 Å². The molecule has 19 heavy (non-hydrogen) atoms. The summed E-state index contributed by atoms with van der Waals surface area (Å²) < 4.78 is 1.47. The number of benzene rings is 1. The van der Waals surface area contributed by atoms with Crippen LogP contribution in [-0.4, -0.2) is 19.7 Å². The van der Waals surface area contributed by atoms with Crippen LogP contribution in [0.1, 0.15) is 19.4 Å². The van der Waals surface area contributed by atoms with Gasteiger partial charge in [0.25, 0.3) is 5.69 Å². The summed E-state index contributed by atoms with van der Waals surface area (Å²) in [6.45, 7) is 1.88. The average Bonchev–Trinajstić information content (AvgIpc) is 2.90. The monoisotopic (exact) mass is 257 g/mol. The zero-order chi connectivity index (χ0) is 13.8. The van der Waals surface area contributed by atoms with Crippen LogP contribution in [0.5, 0.6) is 0 Å². The molecule has 0 fully saturated rings. The molecule has 1 aromatic carbocycles. The Bertz CT molecular complexity index is 644. The second-order valence-electron chi connectivity index (χ2n) is 3.91. The molecule has 0 amide bonds. The van der Waals surface area contributed by atoms with Crippen LogP contribution in [0.15, 0.2) is 30.6 Å². The van der Waals surface area contributed by atoms with E-state index in [1.54, 1.807) is 12.1 Å². The van der Waals surface area contributed by atoms with E-state index in [4.69, 9.17) is 5.26 Å². The fourth-order valence-electron chi connectivity index (χ4n) is 1.65. The molecule has 96 valence electrons. The van der Waals surface area contributed by atoms with E-state index in [1.165, 1.54) is 23.1 Å². The van der Waals surface area contributed by atoms with Crippen molar-refractivity contribution in [2.75, 3.05) is 0 Å². The van der Waals surface area contributed by atoms with Gasteiger partial charge in [-0.15, -0.1) is 5.10 Å². The number of non-ortho nitro benzene ring substituents is 1. The highest BCUT2D eigenvalue weighted by molar-refractivity contribution is 5.58. The van der Waals surface area contributed by atoms with Gasteiger partial charge in [0.05, 0.1) is 11.0 Å². The minimum Gasteiger partial charge on any atom is -0.258 e. The van der Waals surface area contributed by atoms with Crippen LogP contribution in [0.4, 0.5) is 5.69 Å². The summed E-state index contributed by atoms with van der Waals surface area (Å²) >= 11 is 0. The van der Waals surface area contributed by atoms with Crippen molar-refractivity contribution in [3.05, 3.63) is 40.7 Å². The van der Waals surface area contributed by atoms with Crippen molar-refractivity contribution in [2.45, 2.75) is 19.4 Å². The SMILES string of the molecule is CCC(C#N)n1cnc(-c2cccc([N+](=O)[O-])c2)n1. The topological polar surface area (TPSA) is 97.6 Å². The third kappa shape index (κ3) is 2.57. The van der Waals surface area contributed by atoms with Crippen molar-refractivity contribution in [1.82, 2.24) is 14.8 Å². The molecular formula is C12H11N5O2. The Balaban J connectivity index is 2.35. The number of rotatable bonds is 4. The van der Waals surface area contributed by atoms with E-state index >= 15 is 0 Å². The van der Waals surface area contributed by atoms with Gasteiger partial charge in [-0.05, 0) is 6.42 Å². The summed E-state index contributed by atoms with van der Waals surface area (Å²) in [4.78, 5) is 14.3. The van der Waals surface area contributed by atoms with Crippen molar-refractivity contribution >= 4 is 5.69 Å². The molecule has 0 aliphatic carbocycles. The summed E-state index contributed by atoms with van der Waals surface area (Å²) in [5.41, 5.74) is 0.543. The van der Waals surface area contributed by atoms with E-state index in [0.717, 1.165) is 0 Å². The number of nitriles is 1. The summed E-state index contributed by atoms with van der Waals surface area (Å²) in [5, 5.41) is 23.8. The Morgan fingerprint density at radius 2 is 2.37 bits per heavy atom. The molecule has 2 rings (SSSR count). The molecule has 1 heterocycles. The van der Waals surface area contributed by atoms with Crippen LogP contribution in [0.3, 0.4) is 0 Å². The number of hydrogen-bond acceptors (Lipinski definition) is 5. The van der Waals surface area contributed by atoms with Gasteiger partial charge in [-0.2, -0.15) is 5.26 Å². The lowest BCUT2D eigenvalue weighted by atomic mass is 10.2. The van der Waals surface area contributed by atoms with E-state index in [9.17, 15) is 10.1 Å². The van der Waals surface area contributed by atoms with Crippen LogP contribution in [0.2, 0.25) is 0 Å². The van der Waals surface area contributed by atoms with E-state index < -0.39 is 4.92 Å². The average molecular weight is 257 g/mol. The largest absolute Gasteiger partial charge is 0.270 e. The van der Waals surface area contributed by atoms with Gasteiger partial charge in [0.1, 0.15) is 12.4 Å². The highest BCUT2D eigenvalue weighted by Gasteiger charge is 2.13. The van der Waals surface area contributed by atoms with Crippen LogP contribution >= 0.6 is 0 Å². The van der Waals surface area contributed by atoms with Crippen molar-refractivity contribution in [1.29, 1.82) is 5.26 Å². The number of nitro benzene ring substituents is 1. The first-order valence-corrected chi connectivity index (χ1v) is 5.71. The van der Waals surface area contributed by atoms with Crippen LogP contribution in [0.25, 0.3) is 11.4 Å². The summed E-state index contributed by atoms with van der Waals surface area (Å²) in [5.74, 6) is 0.373. The lowest BCUT2D eigenvalue weighted by Gasteiger charge is -2.03. The summed E-state index contributed by atoms with van der Waals surface area (Å²) in [7, 11) is 0. The van der Waals surface area contributed by atoms with E-state index in [1.807, 2.05) is 6.92 Å². The quantitative estimate of drug-likeness (QED) is 0.618. The van der Waals surface area contributed by atoms with Gasteiger partial charge in [-0.3, -0.25) is 10.1 Å². The molecule has 1 atom stereocenters. The van der Waals surface area contributed by atoms with E-state index in [2.05, 4.69) is 16.2 Å². The predicted octanol–water partition coefficient (Wildman–Crippen LogP) is 2.33. The first kappa shape index (κ1) is 12.7. The lowest BCUT2D eigenvalue weighted by Crippen LogP contribution is -2.06. The van der Waals surface area contributed by atoms with Gasteiger partial charge < -0.3 is 0 Å². The Morgan fingerprint density at radius 3 is 3.00 bits per heavy atom. The van der Waals surface area contributed by atoms with Crippen molar-refractivity contribution < 1.29 is 4.92 Å².